The zero-order chi connectivity index (χ0) is 15.6. The van der Waals surface area contributed by atoms with Crippen molar-refractivity contribution in [3.8, 4) is 11.5 Å². The van der Waals surface area contributed by atoms with E-state index in [1.165, 1.54) is 44.2 Å². The van der Waals surface area contributed by atoms with E-state index in [-0.39, 0.29) is 0 Å². The Morgan fingerprint density at radius 1 is 1.00 bits per heavy atom. The summed E-state index contributed by atoms with van der Waals surface area (Å²) in [7, 11) is 0. The maximum Gasteiger partial charge on any atom is 0.247 e. The summed E-state index contributed by atoms with van der Waals surface area (Å²) < 4.78 is 5.98. The van der Waals surface area contributed by atoms with Gasteiger partial charge in [0.25, 0.3) is 0 Å². The number of hydrogen-bond donors (Lipinski definition) is 0. The third kappa shape index (κ3) is 3.18. The Morgan fingerprint density at radius 3 is 2.57 bits per heavy atom. The maximum absolute atomic E-state index is 5.98. The molecule has 2 aliphatic rings. The molecule has 2 heterocycles. The number of benzene rings is 1. The Hall–Kier alpha value is -1.68. The molecule has 1 saturated heterocycles. The molecule has 0 bridgehead atoms. The molecule has 1 atom stereocenters. The molecule has 0 radical (unpaired) electrons. The summed E-state index contributed by atoms with van der Waals surface area (Å²) in [5, 5.41) is 8.60. The monoisotopic (exact) mass is 311 g/mol. The van der Waals surface area contributed by atoms with E-state index in [1.807, 2.05) is 0 Å². The number of rotatable bonds is 3. The summed E-state index contributed by atoms with van der Waals surface area (Å²) in [5.74, 6) is 1.87. The highest BCUT2D eigenvalue weighted by atomic mass is 16.4. The first-order valence-corrected chi connectivity index (χ1v) is 8.94. The maximum atomic E-state index is 5.98. The van der Waals surface area contributed by atoms with Gasteiger partial charge in [-0.3, -0.25) is 4.90 Å². The largest absolute Gasteiger partial charge is 0.420 e. The van der Waals surface area contributed by atoms with Gasteiger partial charge in [0.05, 0.1) is 5.92 Å². The average molecular weight is 311 g/mol. The van der Waals surface area contributed by atoms with E-state index in [2.05, 4.69) is 46.3 Å². The first kappa shape index (κ1) is 14.9. The number of likely N-dealkylation sites (tertiary alicyclic amines) is 1. The second-order valence-electron chi connectivity index (χ2n) is 7.08. The van der Waals surface area contributed by atoms with Crippen LogP contribution in [0.15, 0.2) is 28.7 Å². The van der Waals surface area contributed by atoms with Gasteiger partial charge in [0, 0.05) is 18.2 Å². The summed E-state index contributed by atoms with van der Waals surface area (Å²) in [6.07, 6.45) is 8.08. The SMILES string of the molecule is Cc1ccc(-c2nnc([C@H]3CCN(C4CCCCC4)C3)o2)cc1. The van der Waals surface area contributed by atoms with Gasteiger partial charge in [-0.05, 0) is 44.9 Å². The van der Waals surface area contributed by atoms with Crippen LogP contribution in [0.2, 0.25) is 0 Å². The molecule has 2 aromatic rings. The molecule has 1 saturated carbocycles. The minimum absolute atomic E-state index is 0.406. The zero-order valence-corrected chi connectivity index (χ0v) is 13.9. The predicted molar refractivity (Wildman–Crippen MR) is 90.3 cm³/mol. The molecule has 0 amide bonds. The lowest BCUT2D eigenvalue weighted by Gasteiger charge is -2.30. The lowest BCUT2D eigenvalue weighted by molar-refractivity contribution is 0.187. The van der Waals surface area contributed by atoms with Crippen LogP contribution in [0.4, 0.5) is 0 Å². The van der Waals surface area contributed by atoms with Crippen molar-refractivity contribution in [3.05, 3.63) is 35.7 Å². The van der Waals surface area contributed by atoms with Crippen LogP contribution in [0.3, 0.4) is 0 Å². The third-order valence-corrected chi connectivity index (χ3v) is 5.40. The van der Waals surface area contributed by atoms with Gasteiger partial charge in [-0.25, -0.2) is 0 Å². The van der Waals surface area contributed by atoms with Gasteiger partial charge in [0.1, 0.15) is 0 Å². The summed E-state index contributed by atoms with van der Waals surface area (Å²) in [5.41, 5.74) is 2.25. The van der Waals surface area contributed by atoms with Crippen LogP contribution in [0.5, 0.6) is 0 Å². The zero-order valence-electron chi connectivity index (χ0n) is 13.9. The van der Waals surface area contributed by atoms with E-state index in [0.717, 1.165) is 30.5 Å². The Kier molecular flexibility index (Phi) is 4.17. The molecular weight excluding hydrogens is 286 g/mol. The minimum Gasteiger partial charge on any atom is -0.420 e. The minimum atomic E-state index is 0.406. The topological polar surface area (TPSA) is 42.2 Å². The highest BCUT2D eigenvalue weighted by molar-refractivity contribution is 5.52. The molecule has 122 valence electrons. The van der Waals surface area contributed by atoms with E-state index in [0.29, 0.717) is 11.8 Å². The van der Waals surface area contributed by atoms with E-state index < -0.39 is 0 Å². The van der Waals surface area contributed by atoms with Crippen molar-refractivity contribution in [1.82, 2.24) is 15.1 Å². The number of aromatic nitrogens is 2. The second kappa shape index (κ2) is 6.44. The van der Waals surface area contributed by atoms with Gasteiger partial charge >= 0.3 is 0 Å². The van der Waals surface area contributed by atoms with Crippen molar-refractivity contribution < 1.29 is 4.42 Å². The molecule has 4 heteroatoms. The lowest BCUT2D eigenvalue weighted by atomic mass is 9.94. The molecule has 1 aliphatic heterocycles. The molecule has 0 spiro atoms. The molecule has 2 fully saturated rings. The van der Waals surface area contributed by atoms with Crippen molar-refractivity contribution in [2.45, 2.75) is 57.4 Å². The molecule has 1 aromatic heterocycles. The van der Waals surface area contributed by atoms with Crippen LogP contribution in [0.25, 0.3) is 11.5 Å². The molecule has 4 rings (SSSR count). The molecule has 4 nitrogen and oxygen atoms in total. The van der Waals surface area contributed by atoms with Crippen molar-refractivity contribution in [2.24, 2.45) is 0 Å². The van der Waals surface area contributed by atoms with E-state index in [9.17, 15) is 0 Å². The number of aryl methyl sites for hydroxylation is 1. The summed E-state index contributed by atoms with van der Waals surface area (Å²) in [4.78, 5) is 2.65. The van der Waals surface area contributed by atoms with Crippen molar-refractivity contribution in [1.29, 1.82) is 0 Å². The fourth-order valence-corrected chi connectivity index (χ4v) is 3.98. The first-order chi connectivity index (χ1) is 11.3. The highest BCUT2D eigenvalue weighted by Crippen LogP contribution is 2.33. The van der Waals surface area contributed by atoms with Gasteiger partial charge in [-0.15, -0.1) is 10.2 Å². The van der Waals surface area contributed by atoms with E-state index in [4.69, 9.17) is 4.42 Å². The van der Waals surface area contributed by atoms with Crippen LogP contribution in [0.1, 0.15) is 55.9 Å². The Balaban J connectivity index is 1.44. The van der Waals surface area contributed by atoms with E-state index in [1.54, 1.807) is 0 Å². The van der Waals surface area contributed by atoms with Gasteiger partial charge in [-0.2, -0.15) is 0 Å². The van der Waals surface area contributed by atoms with Crippen LogP contribution >= 0.6 is 0 Å². The quantitative estimate of drug-likeness (QED) is 0.853. The smallest absolute Gasteiger partial charge is 0.247 e. The Morgan fingerprint density at radius 2 is 1.78 bits per heavy atom. The van der Waals surface area contributed by atoms with Crippen LogP contribution in [-0.2, 0) is 0 Å². The van der Waals surface area contributed by atoms with Crippen LogP contribution < -0.4 is 0 Å². The van der Waals surface area contributed by atoms with Gasteiger partial charge in [0.15, 0.2) is 0 Å². The summed E-state index contributed by atoms with van der Waals surface area (Å²) in [6.45, 7) is 4.35. The van der Waals surface area contributed by atoms with Gasteiger partial charge in [0.2, 0.25) is 11.8 Å². The predicted octanol–water partition coefficient (Wildman–Crippen LogP) is 4.17. The van der Waals surface area contributed by atoms with Gasteiger partial charge in [-0.1, -0.05) is 37.0 Å². The van der Waals surface area contributed by atoms with Crippen molar-refractivity contribution in [3.63, 3.8) is 0 Å². The molecule has 0 N–H and O–H groups in total. The Bertz CT molecular complexity index is 643. The van der Waals surface area contributed by atoms with Gasteiger partial charge < -0.3 is 4.42 Å². The first-order valence-electron chi connectivity index (χ1n) is 8.94. The fraction of sp³-hybridized carbons (Fsp3) is 0.579. The van der Waals surface area contributed by atoms with Crippen LogP contribution in [0, 0.1) is 6.92 Å². The number of hydrogen-bond acceptors (Lipinski definition) is 4. The number of nitrogens with zero attached hydrogens (tertiary/aromatic N) is 3. The third-order valence-electron chi connectivity index (χ3n) is 5.40. The molecular formula is C19H25N3O. The van der Waals surface area contributed by atoms with Crippen molar-refractivity contribution in [2.75, 3.05) is 13.1 Å². The molecule has 23 heavy (non-hydrogen) atoms. The highest BCUT2D eigenvalue weighted by Gasteiger charge is 2.32. The second-order valence-corrected chi connectivity index (χ2v) is 7.08. The lowest BCUT2D eigenvalue weighted by Crippen LogP contribution is -2.34. The van der Waals surface area contributed by atoms with E-state index >= 15 is 0 Å². The molecule has 1 aromatic carbocycles. The Labute approximate surface area is 137 Å². The normalized spacial score (nSPS) is 23.4. The average Bonchev–Trinajstić information content (AvgIpc) is 3.26. The fourth-order valence-electron chi connectivity index (χ4n) is 3.98. The van der Waals surface area contributed by atoms with Crippen LogP contribution in [-0.4, -0.2) is 34.2 Å². The standard InChI is InChI=1S/C19H25N3O/c1-14-7-9-15(10-8-14)18-20-21-19(23-18)16-11-12-22(13-16)17-5-3-2-4-6-17/h7-10,16-17H,2-6,11-13H2,1H3/t16-/m0/s1. The molecule has 1 aliphatic carbocycles. The molecule has 0 unspecified atom stereocenters. The summed E-state index contributed by atoms with van der Waals surface area (Å²) in [6, 6.07) is 9.05. The van der Waals surface area contributed by atoms with Crippen molar-refractivity contribution >= 4 is 0 Å². The summed E-state index contributed by atoms with van der Waals surface area (Å²) >= 11 is 0.